The lowest BCUT2D eigenvalue weighted by molar-refractivity contribution is 0.224. The van der Waals surface area contributed by atoms with Gasteiger partial charge in [-0.25, -0.2) is 0 Å². The molecule has 0 bridgehead atoms. The predicted molar refractivity (Wildman–Crippen MR) is 99.0 cm³/mol. The summed E-state index contributed by atoms with van der Waals surface area (Å²) in [5, 5.41) is 7.03. The molecule has 2 aliphatic heterocycles. The molecule has 22 heavy (non-hydrogen) atoms. The molecule has 2 aliphatic rings. The molecule has 4 nitrogen and oxygen atoms in total. The van der Waals surface area contributed by atoms with Gasteiger partial charge in [-0.2, -0.15) is 11.8 Å². The van der Waals surface area contributed by atoms with Gasteiger partial charge in [0, 0.05) is 25.4 Å². The molecule has 0 aromatic rings. The summed E-state index contributed by atoms with van der Waals surface area (Å²) in [5.74, 6) is 3.53. The minimum atomic E-state index is 0.601. The molecular formula is C17H34N4S. The van der Waals surface area contributed by atoms with Crippen LogP contribution in [0, 0.1) is 0 Å². The number of likely N-dealkylation sites (tertiary alicyclic amines) is 1. The van der Waals surface area contributed by atoms with Crippen LogP contribution in [-0.4, -0.2) is 61.6 Å². The van der Waals surface area contributed by atoms with Crippen molar-refractivity contribution in [3.8, 4) is 0 Å². The summed E-state index contributed by atoms with van der Waals surface area (Å²) in [7, 11) is 1.88. The van der Waals surface area contributed by atoms with Crippen molar-refractivity contribution in [1.29, 1.82) is 0 Å². The molecule has 0 aromatic carbocycles. The monoisotopic (exact) mass is 326 g/mol. The van der Waals surface area contributed by atoms with E-state index in [-0.39, 0.29) is 0 Å². The van der Waals surface area contributed by atoms with Crippen molar-refractivity contribution in [2.45, 2.75) is 57.4 Å². The summed E-state index contributed by atoms with van der Waals surface area (Å²) in [5.41, 5.74) is 0. The maximum absolute atomic E-state index is 4.35. The number of unbranched alkanes of at least 4 members (excludes halogenated alkanes) is 2. The summed E-state index contributed by atoms with van der Waals surface area (Å²) in [6.45, 7) is 4.99. The van der Waals surface area contributed by atoms with Crippen molar-refractivity contribution in [2.75, 3.05) is 44.7 Å². The molecule has 0 radical (unpaired) electrons. The zero-order valence-electron chi connectivity index (χ0n) is 14.3. The zero-order valence-corrected chi connectivity index (χ0v) is 15.1. The fraction of sp³-hybridized carbons (Fsp3) is 0.941. The van der Waals surface area contributed by atoms with Gasteiger partial charge in [-0.15, -0.1) is 0 Å². The Bertz CT molecular complexity index is 310. The normalized spacial score (nSPS) is 24.2. The number of nitrogens with zero attached hydrogens (tertiary/aromatic N) is 2. The third-order valence-electron chi connectivity index (χ3n) is 4.62. The Balaban J connectivity index is 1.47. The molecule has 2 fully saturated rings. The first-order chi connectivity index (χ1) is 10.9. The van der Waals surface area contributed by atoms with Crippen molar-refractivity contribution in [1.82, 2.24) is 15.5 Å². The Morgan fingerprint density at radius 2 is 2.00 bits per heavy atom. The first-order valence-corrected chi connectivity index (χ1v) is 10.3. The van der Waals surface area contributed by atoms with Gasteiger partial charge < -0.3 is 15.5 Å². The van der Waals surface area contributed by atoms with Gasteiger partial charge in [0.1, 0.15) is 0 Å². The molecule has 0 spiro atoms. The van der Waals surface area contributed by atoms with E-state index in [1.54, 1.807) is 0 Å². The van der Waals surface area contributed by atoms with Gasteiger partial charge in [0.05, 0.1) is 0 Å². The van der Waals surface area contributed by atoms with E-state index in [9.17, 15) is 0 Å². The molecule has 2 heterocycles. The van der Waals surface area contributed by atoms with E-state index in [1.807, 2.05) is 7.05 Å². The van der Waals surface area contributed by atoms with Crippen molar-refractivity contribution in [3.63, 3.8) is 0 Å². The van der Waals surface area contributed by atoms with Crippen LogP contribution in [0.1, 0.15) is 51.4 Å². The lowest BCUT2D eigenvalue weighted by atomic mass is 10.1. The summed E-state index contributed by atoms with van der Waals surface area (Å²) >= 11 is 2.05. The second kappa shape index (κ2) is 11.2. The molecule has 0 aliphatic carbocycles. The van der Waals surface area contributed by atoms with E-state index in [1.165, 1.54) is 82.5 Å². The predicted octanol–water partition coefficient (Wildman–Crippen LogP) is 2.70. The van der Waals surface area contributed by atoms with E-state index in [0.29, 0.717) is 6.04 Å². The Hall–Kier alpha value is -0.420. The van der Waals surface area contributed by atoms with Crippen molar-refractivity contribution in [3.05, 3.63) is 0 Å². The third-order valence-corrected chi connectivity index (χ3v) is 5.83. The van der Waals surface area contributed by atoms with Crippen LogP contribution in [0.3, 0.4) is 0 Å². The number of hydrogen-bond donors (Lipinski definition) is 2. The maximum Gasteiger partial charge on any atom is 0.191 e. The molecule has 2 saturated heterocycles. The molecule has 2 rings (SSSR count). The highest BCUT2D eigenvalue weighted by molar-refractivity contribution is 7.99. The van der Waals surface area contributed by atoms with Crippen LogP contribution in [0.25, 0.3) is 0 Å². The van der Waals surface area contributed by atoms with Crippen LogP contribution in [-0.2, 0) is 0 Å². The fourth-order valence-electron chi connectivity index (χ4n) is 3.27. The van der Waals surface area contributed by atoms with Crippen molar-refractivity contribution < 1.29 is 0 Å². The summed E-state index contributed by atoms with van der Waals surface area (Å²) in [4.78, 5) is 6.99. The van der Waals surface area contributed by atoms with Crippen molar-refractivity contribution in [2.24, 2.45) is 4.99 Å². The fourth-order valence-corrected chi connectivity index (χ4v) is 4.34. The Morgan fingerprint density at radius 3 is 2.73 bits per heavy atom. The summed E-state index contributed by atoms with van der Waals surface area (Å²) < 4.78 is 0. The molecule has 0 aromatic heterocycles. The second-order valence-corrected chi connectivity index (χ2v) is 7.67. The highest BCUT2D eigenvalue weighted by atomic mass is 32.2. The molecule has 1 atom stereocenters. The largest absolute Gasteiger partial charge is 0.356 e. The molecule has 128 valence electrons. The van der Waals surface area contributed by atoms with Crippen LogP contribution in [0.4, 0.5) is 0 Å². The van der Waals surface area contributed by atoms with Gasteiger partial charge in [-0.05, 0) is 63.9 Å². The minimum absolute atomic E-state index is 0.601. The number of rotatable bonds is 7. The Labute approximate surface area is 140 Å². The van der Waals surface area contributed by atoms with Gasteiger partial charge >= 0.3 is 0 Å². The van der Waals surface area contributed by atoms with E-state index >= 15 is 0 Å². The molecular weight excluding hydrogens is 292 g/mol. The Kier molecular flexibility index (Phi) is 9.10. The van der Waals surface area contributed by atoms with E-state index in [0.717, 1.165) is 12.5 Å². The topological polar surface area (TPSA) is 39.7 Å². The number of hydrogen-bond acceptors (Lipinski definition) is 3. The molecule has 5 heteroatoms. The standard InChI is InChI=1S/C17H34N4S/c1-18-17(20-16-9-8-14-22-15-16)19-10-4-2-5-11-21-12-6-3-7-13-21/h16H,2-15H2,1H3,(H2,18,19,20). The van der Waals surface area contributed by atoms with Crippen LogP contribution >= 0.6 is 11.8 Å². The highest BCUT2D eigenvalue weighted by Gasteiger charge is 2.14. The van der Waals surface area contributed by atoms with Crippen LogP contribution in [0.15, 0.2) is 4.99 Å². The number of guanidine groups is 1. The molecule has 0 saturated carbocycles. The van der Waals surface area contributed by atoms with Gasteiger partial charge in [-0.1, -0.05) is 12.8 Å². The van der Waals surface area contributed by atoms with Gasteiger partial charge in [0.25, 0.3) is 0 Å². The summed E-state index contributed by atoms with van der Waals surface area (Å²) in [6.07, 6.45) is 10.8. The quantitative estimate of drug-likeness (QED) is 0.429. The SMILES string of the molecule is CN=C(NCCCCCN1CCCCC1)NC1CCCSC1. The molecule has 1 unspecified atom stereocenters. The lowest BCUT2D eigenvalue weighted by Crippen LogP contribution is -2.45. The lowest BCUT2D eigenvalue weighted by Gasteiger charge is -2.26. The molecule has 0 amide bonds. The average molecular weight is 327 g/mol. The van der Waals surface area contributed by atoms with Gasteiger partial charge in [0.15, 0.2) is 5.96 Å². The maximum atomic E-state index is 4.35. The molecule has 2 N–H and O–H groups in total. The van der Waals surface area contributed by atoms with Gasteiger partial charge in [-0.3, -0.25) is 4.99 Å². The minimum Gasteiger partial charge on any atom is -0.356 e. The van der Waals surface area contributed by atoms with Crippen LogP contribution < -0.4 is 10.6 Å². The number of aliphatic imine (C=N–C) groups is 1. The number of thioether (sulfide) groups is 1. The van der Waals surface area contributed by atoms with Crippen LogP contribution in [0.2, 0.25) is 0 Å². The Morgan fingerprint density at radius 1 is 1.14 bits per heavy atom. The zero-order chi connectivity index (χ0) is 15.5. The highest BCUT2D eigenvalue weighted by Crippen LogP contribution is 2.16. The first kappa shape index (κ1) is 17.9. The van der Waals surface area contributed by atoms with E-state index in [4.69, 9.17) is 0 Å². The van der Waals surface area contributed by atoms with E-state index in [2.05, 4.69) is 32.3 Å². The third kappa shape index (κ3) is 7.23. The average Bonchev–Trinajstić information content (AvgIpc) is 2.58. The van der Waals surface area contributed by atoms with E-state index < -0.39 is 0 Å². The number of nitrogens with one attached hydrogen (secondary N) is 2. The van der Waals surface area contributed by atoms with Crippen molar-refractivity contribution >= 4 is 17.7 Å². The van der Waals surface area contributed by atoms with Crippen LogP contribution in [0.5, 0.6) is 0 Å². The smallest absolute Gasteiger partial charge is 0.191 e. The second-order valence-electron chi connectivity index (χ2n) is 6.52. The number of piperidine rings is 1. The van der Waals surface area contributed by atoms with Gasteiger partial charge in [0.2, 0.25) is 0 Å². The first-order valence-electron chi connectivity index (χ1n) is 9.16. The summed E-state index contributed by atoms with van der Waals surface area (Å²) in [6, 6.07) is 0.601.